The van der Waals surface area contributed by atoms with E-state index in [1.165, 1.54) is 0 Å². The molecule has 0 bridgehead atoms. The number of rotatable bonds is 4. The smallest absolute Gasteiger partial charge is 0.300 e. The molecule has 1 amide bonds. The van der Waals surface area contributed by atoms with Gasteiger partial charge in [-0.05, 0) is 46.9 Å². The number of amides is 1. The van der Waals surface area contributed by atoms with Crippen molar-refractivity contribution in [1.82, 2.24) is 5.43 Å². The van der Waals surface area contributed by atoms with Crippen molar-refractivity contribution in [2.24, 2.45) is 5.84 Å². The fourth-order valence-electron chi connectivity index (χ4n) is 1.36. The van der Waals surface area contributed by atoms with Gasteiger partial charge in [0.1, 0.15) is 18.1 Å². The average molecular weight is 358 g/mol. The minimum Gasteiger partial charge on any atom is -0.485 e. The predicted octanol–water partition coefficient (Wildman–Crippen LogP) is 2.07. The third-order valence-corrected chi connectivity index (χ3v) is 3.11. The number of furan rings is 1. The Balaban J connectivity index is 2.01. The molecular weight excluding hydrogens is 347 g/mol. The Morgan fingerprint density at radius 2 is 2.11 bits per heavy atom. The summed E-state index contributed by atoms with van der Waals surface area (Å²) in [6.45, 7) is 0.262. The molecule has 0 unspecified atom stereocenters. The lowest BCUT2D eigenvalue weighted by atomic mass is 10.3. The van der Waals surface area contributed by atoms with Gasteiger partial charge in [0.05, 0.1) is 3.57 Å². The van der Waals surface area contributed by atoms with Gasteiger partial charge in [0.2, 0.25) is 0 Å². The molecule has 1 heterocycles. The lowest BCUT2D eigenvalue weighted by Crippen LogP contribution is -2.29. The summed E-state index contributed by atoms with van der Waals surface area (Å²) in [6.07, 6.45) is 0. The van der Waals surface area contributed by atoms with E-state index in [-0.39, 0.29) is 12.4 Å². The maximum absolute atomic E-state index is 11.2. The molecule has 0 fully saturated rings. The van der Waals surface area contributed by atoms with Gasteiger partial charge in [-0.15, -0.1) is 0 Å². The summed E-state index contributed by atoms with van der Waals surface area (Å²) >= 11 is 2.19. The molecule has 1 aromatic heterocycles. The van der Waals surface area contributed by atoms with Gasteiger partial charge in [0.25, 0.3) is 0 Å². The number of nitrogens with one attached hydrogen (secondary N) is 1. The molecule has 0 spiro atoms. The fraction of sp³-hybridized carbons (Fsp3) is 0.0833. The van der Waals surface area contributed by atoms with Crippen LogP contribution >= 0.6 is 22.6 Å². The molecule has 0 aliphatic heterocycles. The monoisotopic (exact) mass is 358 g/mol. The summed E-state index contributed by atoms with van der Waals surface area (Å²) in [5, 5.41) is 0. The number of para-hydroxylation sites is 1. The van der Waals surface area contributed by atoms with Crippen LogP contribution in [0, 0.1) is 3.57 Å². The van der Waals surface area contributed by atoms with Gasteiger partial charge in [-0.2, -0.15) is 0 Å². The van der Waals surface area contributed by atoms with Crippen molar-refractivity contribution in [3.63, 3.8) is 0 Å². The number of benzene rings is 1. The average Bonchev–Trinajstić information content (AvgIpc) is 2.86. The van der Waals surface area contributed by atoms with Crippen LogP contribution in [-0.4, -0.2) is 5.91 Å². The van der Waals surface area contributed by atoms with Crippen LogP contribution in [0.15, 0.2) is 40.8 Å². The van der Waals surface area contributed by atoms with Crippen molar-refractivity contribution < 1.29 is 13.9 Å². The molecule has 94 valence electrons. The Hall–Kier alpha value is -1.54. The molecule has 2 aromatic rings. The van der Waals surface area contributed by atoms with Gasteiger partial charge in [-0.1, -0.05) is 12.1 Å². The van der Waals surface area contributed by atoms with Crippen LogP contribution < -0.4 is 16.0 Å². The van der Waals surface area contributed by atoms with Crippen molar-refractivity contribution in [2.75, 3.05) is 0 Å². The number of ether oxygens (including phenoxy) is 1. The number of nitrogen functional groups attached to an aromatic ring is 1. The molecule has 3 N–H and O–H groups in total. The molecule has 0 aliphatic rings. The van der Waals surface area contributed by atoms with E-state index < -0.39 is 5.91 Å². The maximum Gasteiger partial charge on any atom is 0.300 e. The zero-order valence-electron chi connectivity index (χ0n) is 9.35. The fourth-order valence-corrected chi connectivity index (χ4v) is 1.90. The maximum atomic E-state index is 11.2. The van der Waals surface area contributed by atoms with E-state index in [4.69, 9.17) is 15.0 Å². The number of carbonyl (C=O) groups excluding carboxylic acids is 1. The molecule has 5 nitrogen and oxygen atoms in total. The molecule has 0 radical (unpaired) electrons. The van der Waals surface area contributed by atoms with Crippen LogP contribution in [0.25, 0.3) is 0 Å². The number of hydrogen-bond acceptors (Lipinski definition) is 4. The second-order valence-corrected chi connectivity index (χ2v) is 4.62. The van der Waals surface area contributed by atoms with E-state index in [9.17, 15) is 4.79 Å². The predicted molar refractivity (Wildman–Crippen MR) is 73.9 cm³/mol. The minimum atomic E-state index is -0.462. The first-order valence-corrected chi connectivity index (χ1v) is 6.25. The van der Waals surface area contributed by atoms with E-state index >= 15 is 0 Å². The first-order chi connectivity index (χ1) is 8.70. The van der Waals surface area contributed by atoms with Crippen LogP contribution in [0.5, 0.6) is 5.75 Å². The van der Waals surface area contributed by atoms with Crippen LogP contribution in [0.2, 0.25) is 0 Å². The molecule has 0 saturated heterocycles. The molecule has 0 saturated carbocycles. The molecule has 0 atom stereocenters. The number of carbonyl (C=O) groups is 1. The van der Waals surface area contributed by atoms with Gasteiger partial charge in [0, 0.05) is 0 Å². The van der Waals surface area contributed by atoms with Crippen molar-refractivity contribution in [2.45, 2.75) is 6.61 Å². The summed E-state index contributed by atoms with van der Waals surface area (Å²) in [6, 6.07) is 10.9. The first kappa shape index (κ1) is 12.9. The second-order valence-electron chi connectivity index (χ2n) is 3.46. The van der Waals surface area contributed by atoms with E-state index in [0.717, 1.165) is 9.32 Å². The Bertz CT molecular complexity index is 554. The Morgan fingerprint density at radius 1 is 1.33 bits per heavy atom. The summed E-state index contributed by atoms with van der Waals surface area (Å²) in [5.74, 6) is 6.05. The quantitative estimate of drug-likeness (QED) is 0.380. The van der Waals surface area contributed by atoms with E-state index in [2.05, 4.69) is 22.6 Å². The Labute approximate surface area is 117 Å². The molecular formula is C12H11IN2O3. The lowest BCUT2D eigenvalue weighted by Gasteiger charge is -2.05. The summed E-state index contributed by atoms with van der Waals surface area (Å²) in [4.78, 5) is 11.2. The highest BCUT2D eigenvalue weighted by molar-refractivity contribution is 14.1. The van der Waals surface area contributed by atoms with Gasteiger partial charge in [-0.3, -0.25) is 10.2 Å². The standard InChI is InChI=1S/C12H11IN2O3/c13-9-3-1-2-4-10(9)17-7-8-5-6-11(18-8)12(16)15-14/h1-6H,7,14H2,(H,15,16). The largest absolute Gasteiger partial charge is 0.485 e. The lowest BCUT2D eigenvalue weighted by molar-refractivity contribution is 0.0922. The number of hydrazine groups is 1. The van der Waals surface area contributed by atoms with Gasteiger partial charge >= 0.3 is 5.91 Å². The van der Waals surface area contributed by atoms with E-state index in [1.54, 1.807) is 12.1 Å². The first-order valence-electron chi connectivity index (χ1n) is 5.17. The topological polar surface area (TPSA) is 77.5 Å². The highest BCUT2D eigenvalue weighted by Gasteiger charge is 2.10. The van der Waals surface area contributed by atoms with Crippen molar-refractivity contribution in [1.29, 1.82) is 0 Å². The third-order valence-electron chi connectivity index (χ3n) is 2.22. The summed E-state index contributed by atoms with van der Waals surface area (Å²) in [7, 11) is 0. The van der Waals surface area contributed by atoms with E-state index in [1.807, 2.05) is 29.7 Å². The summed E-state index contributed by atoms with van der Waals surface area (Å²) < 4.78 is 11.9. The third kappa shape index (κ3) is 3.02. The highest BCUT2D eigenvalue weighted by Crippen LogP contribution is 2.21. The molecule has 1 aromatic carbocycles. The molecule has 6 heteroatoms. The number of halogens is 1. The van der Waals surface area contributed by atoms with Crippen LogP contribution in [-0.2, 0) is 6.61 Å². The van der Waals surface area contributed by atoms with Gasteiger partial charge in [-0.25, -0.2) is 5.84 Å². The van der Waals surface area contributed by atoms with Crippen molar-refractivity contribution >= 4 is 28.5 Å². The van der Waals surface area contributed by atoms with Crippen molar-refractivity contribution in [3.05, 3.63) is 51.5 Å². The highest BCUT2D eigenvalue weighted by atomic mass is 127. The molecule has 2 rings (SSSR count). The molecule has 0 aliphatic carbocycles. The van der Waals surface area contributed by atoms with Crippen LogP contribution in [0.1, 0.15) is 16.3 Å². The van der Waals surface area contributed by atoms with E-state index in [0.29, 0.717) is 5.76 Å². The Morgan fingerprint density at radius 3 is 2.83 bits per heavy atom. The molecule has 18 heavy (non-hydrogen) atoms. The normalized spacial score (nSPS) is 10.1. The zero-order chi connectivity index (χ0) is 13.0. The number of nitrogens with two attached hydrogens (primary N) is 1. The summed E-state index contributed by atoms with van der Waals surface area (Å²) in [5.41, 5.74) is 2.00. The SMILES string of the molecule is NNC(=O)c1ccc(COc2ccccc2I)o1. The zero-order valence-corrected chi connectivity index (χ0v) is 11.5. The minimum absolute atomic E-state index is 0.166. The van der Waals surface area contributed by atoms with Gasteiger partial charge < -0.3 is 9.15 Å². The van der Waals surface area contributed by atoms with Crippen LogP contribution in [0.4, 0.5) is 0 Å². The van der Waals surface area contributed by atoms with Crippen LogP contribution in [0.3, 0.4) is 0 Å². The van der Waals surface area contributed by atoms with Gasteiger partial charge in [0.15, 0.2) is 5.76 Å². The second kappa shape index (κ2) is 5.87. The van der Waals surface area contributed by atoms with Crippen molar-refractivity contribution in [3.8, 4) is 5.75 Å². The number of hydrogen-bond donors (Lipinski definition) is 2. The Kier molecular flexibility index (Phi) is 4.21.